The number of fused-ring (bicyclic) bond motifs is 1. The van der Waals surface area contributed by atoms with Gasteiger partial charge in [-0.3, -0.25) is 14.2 Å². The summed E-state index contributed by atoms with van der Waals surface area (Å²) in [5.41, 5.74) is 0.414. The van der Waals surface area contributed by atoms with Crippen LogP contribution in [0.2, 0.25) is 0 Å². The summed E-state index contributed by atoms with van der Waals surface area (Å²) in [5, 5.41) is 5.36. The van der Waals surface area contributed by atoms with Gasteiger partial charge in [0, 0.05) is 12.1 Å². The number of rotatable bonds is 4. The molecule has 5 nitrogen and oxygen atoms in total. The maximum Gasteiger partial charge on any atom is 0.272 e. The van der Waals surface area contributed by atoms with E-state index in [-0.39, 0.29) is 22.8 Å². The molecule has 2 aromatic heterocycles. The van der Waals surface area contributed by atoms with Crippen LogP contribution in [0.25, 0.3) is 10.2 Å². The van der Waals surface area contributed by atoms with Crippen LogP contribution in [0.5, 0.6) is 0 Å². The van der Waals surface area contributed by atoms with E-state index in [0.717, 1.165) is 0 Å². The van der Waals surface area contributed by atoms with Gasteiger partial charge in [0.2, 0.25) is 5.91 Å². The molecule has 21 heavy (non-hydrogen) atoms. The van der Waals surface area contributed by atoms with E-state index < -0.39 is 0 Å². The van der Waals surface area contributed by atoms with E-state index in [9.17, 15) is 9.59 Å². The molecular formula is C14H19N3O2S2. The Hall–Kier alpha value is -1.34. The van der Waals surface area contributed by atoms with Gasteiger partial charge in [-0.15, -0.1) is 11.3 Å². The minimum Gasteiger partial charge on any atom is -0.351 e. The number of thiophene rings is 1. The maximum absolute atomic E-state index is 12.3. The van der Waals surface area contributed by atoms with E-state index in [1.54, 1.807) is 4.57 Å². The van der Waals surface area contributed by atoms with Crippen molar-refractivity contribution in [3.05, 3.63) is 21.8 Å². The Balaban J connectivity index is 2.22. The third kappa shape index (κ3) is 3.85. The molecule has 0 saturated carbocycles. The second-order valence-corrected chi connectivity index (χ2v) is 7.52. The number of hydrogen-bond donors (Lipinski definition) is 1. The lowest BCUT2D eigenvalue weighted by atomic mass is 10.1. The van der Waals surface area contributed by atoms with Gasteiger partial charge in [0.25, 0.3) is 5.56 Å². The Morgan fingerprint density at radius 2 is 2.19 bits per heavy atom. The number of carbonyl (C=O) groups excluding carboxylic acids is 1. The summed E-state index contributed by atoms with van der Waals surface area (Å²) in [6.45, 7) is 8.26. The van der Waals surface area contributed by atoms with Gasteiger partial charge < -0.3 is 5.32 Å². The normalized spacial score (nSPS) is 11.8. The SMILES string of the molecule is CCn1c(SCC(=O)NC(C)(C)C)nc2ccsc2c1=O. The van der Waals surface area contributed by atoms with Gasteiger partial charge in [0.15, 0.2) is 5.16 Å². The predicted molar refractivity (Wildman–Crippen MR) is 88.2 cm³/mol. The van der Waals surface area contributed by atoms with Gasteiger partial charge in [0.05, 0.1) is 11.3 Å². The molecule has 2 rings (SSSR count). The first-order valence-corrected chi connectivity index (χ1v) is 8.60. The highest BCUT2D eigenvalue weighted by molar-refractivity contribution is 7.99. The molecule has 2 aromatic rings. The van der Waals surface area contributed by atoms with Crippen molar-refractivity contribution in [1.82, 2.24) is 14.9 Å². The molecule has 1 amide bonds. The maximum atomic E-state index is 12.3. The van der Waals surface area contributed by atoms with Gasteiger partial charge in [-0.1, -0.05) is 11.8 Å². The molecule has 0 spiro atoms. The second kappa shape index (κ2) is 6.19. The molecule has 1 N–H and O–H groups in total. The summed E-state index contributed by atoms with van der Waals surface area (Å²) in [4.78, 5) is 28.7. The van der Waals surface area contributed by atoms with Gasteiger partial charge >= 0.3 is 0 Å². The van der Waals surface area contributed by atoms with E-state index in [1.807, 2.05) is 39.1 Å². The number of nitrogens with one attached hydrogen (secondary N) is 1. The molecule has 0 bridgehead atoms. The fraction of sp³-hybridized carbons (Fsp3) is 0.500. The highest BCUT2D eigenvalue weighted by atomic mass is 32.2. The fourth-order valence-electron chi connectivity index (χ4n) is 1.90. The van der Waals surface area contributed by atoms with Crippen molar-refractivity contribution in [2.45, 2.75) is 44.9 Å². The highest BCUT2D eigenvalue weighted by Crippen LogP contribution is 2.20. The third-order valence-electron chi connectivity index (χ3n) is 2.69. The lowest BCUT2D eigenvalue weighted by molar-refractivity contribution is -0.119. The van der Waals surface area contributed by atoms with Crippen LogP contribution in [0.15, 0.2) is 21.4 Å². The first-order valence-electron chi connectivity index (χ1n) is 6.73. The zero-order valence-electron chi connectivity index (χ0n) is 12.6. The highest BCUT2D eigenvalue weighted by Gasteiger charge is 2.16. The van der Waals surface area contributed by atoms with Crippen LogP contribution in [0.4, 0.5) is 0 Å². The topological polar surface area (TPSA) is 64.0 Å². The summed E-state index contributed by atoms with van der Waals surface area (Å²) in [6, 6.07) is 1.83. The number of amides is 1. The van der Waals surface area contributed by atoms with E-state index in [2.05, 4.69) is 10.3 Å². The molecule has 0 fully saturated rings. The van der Waals surface area contributed by atoms with E-state index in [4.69, 9.17) is 0 Å². The Bertz CT molecular complexity index is 713. The second-order valence-electron chi connectivity index (χ2n) is 5.67. The van der Waals surface area contributed by atoms with Crippen LogP contribution in [-0.2, 0) is 11.3 Å². The summed E-state index contributed by atoms with van der Waals surface area (Å²) in [7, 11) is 0. The molecule has 0 saturated heterocycles. The number of hydrogen-bond acceptors (Lipinski definition) is 5. The van der Waals surface area contributed by atoms with E-state index in [0.29, 0.717) is 21.9 Å². The Morgan fingerprint density at radius 3 is 2.81 bits per heavy atom. The summed E-state index contributed by atoms with van der Waals surface area (Å²) in [5.74, 6) is 0.189. The van der Waals surface area contributed by atoms with Crippen LogP contribution >= 0.6 is 23.1 Å². The molecular weight excluding hydrogens is 306 g/mol. The van der Waals surface area contributed by atoms with Crippen molar-refractivity contribution < 1.29 is 4.79 Å². The van der Waals surface area contributed by atoms with E-state index in [1.165, 1.54) is 23.1 Å². The number of aromatic nitrogens is 2. The zero-order chi connectivity index (χ0) is 15.6. The molecule has 114 valence electrons. The molecule has 0 radical (unpaired) electrons. The standard InChI is InChI=1S/C14H19N3O2S2/c1-5-17-12(19)11-9(6-7-20-11)15-13(17)21-8-10(18)16-14(2,3)4/h6-7H,5,8H2,1-4H3,(H,16,18). The largest absolute Gasteiger partial charge is 0.351 e. The molecule has 0 aliphatic rings. The van der Waals surface area contributed by atoms with Crippen molar-refractivity contribution in [2.75, 3.05) is 5.75 Å². The molecule has 0 unspecified atom stereocenters. The Morgan fingerprint density at radius 1 is 1.48 bits per heavy atom. The van der Waals surface area contributed by atoms with Crippen molar-refractivity contribution in [1.29, 1.82) is 0 Å². The van der Waals surface area contributed by atoms with Crippen molar-refractivity contribution in [3.63, 3.8) is 0 Å². The molecule has 0 atom stereocenters. The average molecular weight is 325 g/mol. The average Bonchev–Trinajstić information content (AvgIpc) is 2.83. The molecule has 2 heterocycles. The van der Waals surface area contributed by atoms with Crippen LogP contribution in [0, 0.1) is 0 Å². The van der Waals surface area contributed by atoms with Gasteiger partial charge in [-0.25, -0.2) is 4.98 Å². The number of thioether (sulfide) groups is 1. The number of carbonyl (C=O) groups is 1. The minimum absolute atomic E-state index is 0.0313. The smallest absolute Gasteiger partial charge is 0.272 e. The Labute approximate surface area is 131 Å². The van der Waals surface area contributed by atoms with Crippen molar-refractivity contribution in [3.8, 4) is 0 Å². The fourth-order valence-corrected chi connectivity index (χ4v) is 3.54. The zero-order valence-corrected chi connectivity index (χ0v) is 14.2. The van der Waals surface area contributed by atoms with E-state index >= 15 is 0 Å². The first-order chi connectivity index (χ1) is 9.81. The molecule has 0 aliphatic heterocycles. The monoisotopic (exact) mass is 325 g/mol. The van der Waals surface area contributed by atoms with Gasteiger partial charge in [-0.2, -0.15) is 0 Å². The van der Waals surface area contributed by atoms with Crippen LogP contribution in [-0.4, -0.2) is 26.8 Å². The number of nitrogens with zero attached hydrogens (tertiary/aromatic N) is 2. The van der Waals surface area contributed by atoms with Crippen molar-refractivity contribution in [2.24, 2.45) is 0 Å². The Kier molecular flexibility index (Phi) is 4.73. The molecule has 0 aliphatic carbocycles. The lowest BCUT2D eigenvalue weighted by Crippen LogP contribution is -2.41. The molecule has 7 heteroatoms. The summed E-state index contributed by atoms with van der Waals surface area (Å²) in [6.07, 6.45) is 0. The molecule has 0 aromatic carbocycles. The predicted octanol–water partition coefficient (Wildman–Crippen LogP) is 2.48. The first kappa shape index (κ1) is 16.0. The van der Waals surface area contributed by atoms with Crippen LogP contribution in [0.3, 0.4) is 0 Å². The van der Waals surface area contributed by atoms with Crippen LogP contribution < -0.4 is 10.9 Å². The third-order valence-corrected chi connectivity index (χ3v) is 4.56. The summed E-state index contributed by atoms with van der Waals surface area (Å²) < 4.78 is 2.29. The van der Waals surface area contributed by atoms with Gasteiger partial charge in [0.1, 0.15) is 4.70 Å². The quantitative estimate of drug-likeness (QED) is 0.693. The summed E-state index contributed by atoms with van der Waals surface area (Å²) >= 11 is 2.70. The van der Waals surface area contributed by atoms with Crippen LogP contribution in [0.1, 0.15) is 27.7 Å². The lowest BCUT2D eigenvalue weighted by Gasteiger charge is -2.20. The van der Waals surface area contributed by atoms with Gasteiger partial charge in [-0.05, 0) is 39.1 Å². The minimum atomic E-state index is -0.257. The van der Waals surface area contributed by atoms with Crippen molar-refractivity contribution >= 4 is 39.2 Å².